The molecule has 0 atom stereocenters. The molecule has 1 aromatic carbocycles. The summed E-state index contributed by atoms with van der Waals surface area (Å²) in [5, 5.41) is 4.21. The first-order chi connectivity index (χ1) is 9.74. The maximum absolute atomic E-state index is 5.80. The molecule has 0 radical (unpaired) electrons. The summed E-state index contributed by atoms with van der Waals surface area (Å²) in [6.45, 7) is 0. The molecule has 0 amide bonds. The van der Waals surface area contributed by atoms with E-state index < -0.39 is 0 Å². The van der Waals surface area contributed by atoms with Crippen molar-refractivity contribution in [3.63, 3.8) is 0 Å². The first-order valence-electron chi connectivity index (χ1n) is 6.11. The van der Waals surface area contributed by atoms with Crippen molar-refractivity contribution in [1.82, 2.24) is 9.97 Å². The van der Waals surface area contributed by atoms with Crippen molar-refractivity contribution < 1.29 is 0 Å². The Bertz CT molecular complexity index is 771. The summed E-state index contributed by atoms with van der Waals surface area (Å²) in [5.74, 6) is 0.643. The van der Waals surface area contributed by atoms with E-state index in [0.29, 0.717) is 10.8 Å². The zero-order chi connectivity index (χ0) is 13.9. The van der Waals surface area contributed by atoms with Gasteiger partial charge in [0, 0.05) is 11.6 Å². The van der Waals surface area contributed by atoms with E-state index in [9.17, 15) is 0 Å². The fraction of sp³-hybridized carbons (Fsp3) is 0. The van der Waals surface area contributed by atoms with E-state index in [4.69, 9.17) is 18.0 Å². The minimum absolute atomic E-state index is 0.314. The molecule has 98 valence electrons. The summed E-state index contributed by atoms with van der Waals surface area (Å²) in [4.78, 5) is 8.96. The standard InChI is InChI=1S/C15H12N4S/c16-14(20)12-8-10-4-1-2-6-13(10)19-15(12)18-11-5-3-7-17-9-11/h1-9H,(H2,16,20)(H,18,19). The Hall–Kier alpha value is -2.53. The number of thiocarbonyl (C=S) groups is 1. The molecule has 3 rings (SSSR count). The summed E-state index contributed by atoms with van der Waals surface area (Å²) in [7, 11) is 0. The number of para-hydroxylation sites is 1. The Kier molecular flexibility index (Phi) is 3.26. The third-order valence-corrected chi connectivity index (χ3v) is 3.13. The van der Waals surface area contributed by atoms with Crippen molar-refractivity contribution in [3.05, 3.63) is 60.4 Å². The van der Waals surface area contributed by atoms with Crippen molar-refractivity contribution in [1.29, 1.82) is 0 Å². The Morgan fingerprint density at radius 1 is 1.15 bits per heavy atom. The van der Waals surface area contributed by atoms with Gasteiger partial charge in [0.2, 0.25) is 0 Å². The number of nitrogens with one attached hydrogen (secondary N) is 1. The number of benzene rings is 1. The third kappa shape index (κ3) is 2.44. The first kappa shape index (κ1) is 12.5. The van der Waals surface area contributed by atoms with E-state index in [1.54, 1.807) is 12.4 Å². The van der Waals surface area contributed by atoms with Gasteiger partial charge in [-0.3, -0.25) is 4.98 Å². The molecule has 3 aromatic rings. The van der Waals surface area contributed by atoms with Gasteiger partial charge in [0.05, 0.1) is 23.0 Å². The smallest absolute Gasteiger partial charge is 0.141 e. The molecule has 4 nitrogen and oxygen atoms in total. The van der Waals surface area contributed by atoms with Gasteiger partial charge in [-0.2, -0.15) is 0 Å². The lowest BCUT2D eigenvalue weighted by atomic mass is 10.1. The molecule has 0 aliphatic carbocycles. The highest BCUT2D eigenvalue weighted by molar-refractivity contribution is 7.80. The van der Waals surface area contributed by atoms with E-state index in [2.05, 4.69) is 15.3 Å². The van der Waals surface area contributed by atoms with E-state index in [0.717, 1.165) is 22.2 Å². The number of nitrogens with zero attached hydrogens (tertiary/aromatic N) is 2. The Morgan fingerprint density at radius 3 is 2.75 bits per heavy atom. The number of anilines is 2. The average Bonchev–Trinajstić information content (AvgIpc) is 2.47. The van der Waals surface area contributed by atoms with Crippen LogP contribution in [-0.2, 0) is 0 Å². The highest BCUT2D eigenvalue weighted by atomic mass is 32.1. The third-order valence-electron chi connectivity index (χ3n) is 2.91. The van der Waals surface area contributed by atoms with Gasteiger partial charge in [-0.1, -0.05) is 30.4 Å². The van der Waals surface area contributed by atoms with Gasteiger partial charge in [-0.25, -0.2) is 4.98 Å². The number of nitrogens with two attached hydrogens (primary N) is 1. The topological polar surface area (TPSA) is 63.8 Å². The van der Waals surface area contributed by atoms with Gasteiger partial charge in [0.25, 0.3) is 0 Å². The van der Waals surface area contributed by atoms with Crippen molar-refractivity contribution >= 4 is 39.6 Å². The highest BCUT2D eigenvalue weighted by Crippen LogP contribution is 2.23. The van der Waals surface area contributed by atoms with Gasteiger partial charge in [0.15, 0.2) is 0 Å². The molecule has 0 fully saturated rings. The maximum atomic E-state index is 5.80. The van der Waals surface area contributed by atoms with Crippen LogP contribution in [0.4, 0.5) is 11.5 Å². The molecule has 0 aliphatic rings. The second-order valence-electron chi connectivity index (χ2n) is 4.31. The molecule has 3 N–H and O–H groups in total. The molecule has 2 heterocycles. The molecule has 0 unspecified atom stereocenters. The van der Waals surface area contributed by atoms with Crippen LogP contribution in [0.5, 0.6) is 0 Å². The second-order valence-corrected chi connectivity index (χ2v) is 4.75. The van der Waals surface area contributed by atoms with Crippen LogP contribution in [-0.4, -0.2) is 15.0 Å². The summed E-state index contributed by atoms with van der Waals surface area (Å²) >= 11 is 5.11. The molecule has 0 saturated heterocycles. The fourth-order valence-electron chi connectivity index (χ4n) is 1.97. The normalized spacial score (nSPS) is 10.4. The van der Waals surface area contributed by atoms with Crippen molar-refractivity contribution in [2.45, 2.75) is 0 Å². The van der Waals surface area contributed by atoms with Gasteiger partial charge >= 0.3 is 0 Å². The molecule has 0 saturated carbocycles. The van der Waals surface area contributed by atoms with E-state index in [-0.39, 0.29) is 0 Å². The van der Waals surface area contributed by atoms with Crippen molar-refractivity contribution in [3.8, 4) is 0 Å². The predicted molar refractivity (Wildman–Crippen MR) is 85.2 cm³/mol. The second kappa shape index (κ2) is 5.22. The quantitative estimate of drug-likeness (QED) is 0.722. The molecule has 5 heteroatoms. The summed E-state index contributed by atoms with van der Waals surface area (Å²) < 4.78 is 0. The van der Waals surface area contributed by atoms with Crippen LogP contribution in [0.1, 0.15) is 5.56 Å². The predicted octanol–water partition coefficient (Wildman–Crippen LogP) is 3.01. The Labute approximate surface area is 121 Å². The molecule has 0 bridgehead atoms. The van der Waals surface area contributed by atoms with E-state index in [1.807, 2.05) is 42.5 Å². The summed E-state index contributed by atoms with van der Waals surface area (Å²) in [5.41, 5.74) is 8.25. The molecule has 2 aromatic heterocycles. The minimum atomic E-state index is 0.314. The Balaban J connectivity index is 2.12. The van der Waals surface area contributed by atoms with Crippen LogP contribution in [0, 0.1) is 0 Å². The first-order valence-corrected chi connectivity index (χ1v) is 6.51. The molecule has 0 spiro atoms. The number of hydrogen-bond acceptors (Lipinski definition) is 4. The number of hydrogen-bond donors (Lipinski definition) is 2. The lowest BCUT2D eigenvalue weighted by Crippen LogP contribution is -2.13. The zero-order valence-electron chi connectivity index (χ0n) is 10.6. The lowest BCUT2D eigenvalue weighted by Gasteiger charge is -2.11. The summed E-state index contributed by atoms with van der Waals surface area (Å²) in [6, 6.07) is 13.6. The minimum Gasteiger partial charge on any atom is -0.389 e. The number of pyridine rings is 2. The van der Waals surface area contributed by atoms with E-state index in [1.165, 1.54) is 0 Å². The highest BCUT2D eigenvalue weighted by Gasteiger charge is 2.09. The van der Waals surface area contributed by atoms with Crippen LogP contribution in [0.2, 0.25) is 0 Å². The molecule has 0 aliphatic heterocycles. The average molecular weight is 280 g/mol. The van der Waals surface area contributed by atoms with Crippen LogP contribution in [0.25, 0.3) is 10.9 Å². The number of aromatic nitrogens is 2. The van der Waals surface area contributed by atoms with Gasteiger partial charge in [0.1, 0.15) is 10.8 Å². The molecular formula is C15H12N4S. The Morgan fingerprint density at radius 2 is 2.00 bits per heavy atom. The SMILES string of the molecule is NC(=S)c1cc2ccccc2nc1Nc1cccnc1. The number of rotatable bonds is 3. The van der Waals surface area contributed by atoms with Crippen LogP contribution >= 0.6 is 12.2 Å². The zero-order valence-corrected chi connectivity index (χ0v) is 11.4. The largest absolute Gasteiger partial charge is 0.389 e. The van der Waals surface area contributed by atoms with Gasteiger partial charge in [-0.15, -0.1) is 0 Å². The monoisotopic (exact) mass is 280 g/mol. The number of fused-ring (bicyclic) bond motifs is 1. The molecular weight excluding hydrogens is 268 g/mol. The van der Waals surface area contributed by atoms with E-state index >= 15 is 0 Å². The van der Waals surface area contributed by atoms with Crippen LogP contribution in [0.15, 0.2) is 54.9 Å². The fourth-order valence-corrected chi connectivity index (χ4v) is 2.13. The maximum Gasteiger partial charge on any atom is 0.141 e. The van der Waals surface area contributed by atoms with Gasteiger partial charge in [-0.05, 0) is 24.3 Å². The van der Waals surface area contributed by atoms with Crippen LogP contribution < -0.4 is 11.1 Å². The molecule has 20 heavy (non-hydrogen) atoms. The van der Waals surface area contributed by atoms with Crippen LogP contribution in [0.3, 0.4) is 0 Å². The van der Waals surface area contributed by atoms with Gasteiger partial charge < -0.3 is 11.1 Å². The van der Waals surface area contributed by atoms with Crippen molar-refractivity contribution in [2.75, 3.05) is 5.32 Å². The summed E-state index contributed by atoms with van der Waals surface area (Å²) in [6.07, 6.45) is 3.44. The van der Waals surface area contributed by atoms with Crippen molar-refractivity contribution in [2.24, 2.45) is 5.73 Å². The lowest BCUT2D eigenvalue weighted by molar-refractivity contribution is 1.30.